The molecule has 0 atom stereocenters. The Morgan fingerprint density at radius 3 is 1.34 bits per heavy atom. The molecular weight excluding hydrogens is 1430 g/mol. The fourth-order valence-corrected chi connectivity index (χ4v) is 6.30. The molecule has 4 heterocycles. The van der Waals surface area contributed by atoms with Gasteiger partial charge in [0, 0.05) is 76.1 Å². The standard InChI is InChI=1S/C10H13ClN2O2S.C6H6ClIN2.C6H7ClN2S.C6H2.C6H.C6.C5H2Cl2IN.C4H8O2S.C2H6O.C2H5O.CH5N.2Na/c1-12-10-9(11)7(3-5-13-10)16-6-4-8(14)15-2;1-9-6-5(7)4(8)2-3-10-6;1-8-6-5(7)4(10)2-3-9-6;3*1-3-5-6-4-2;6-4-3(8)1-2-9-5(4)7;1-6-4(5)2-3-7;2*1-2-3;1-2;;/h3,5H,4,6H2,1-2H3,(H,12,13);2-3H,1H3,(H,9,10);2-3H,1H3,(H2,8,9,10);1-2H;1H;;1-2H;7H,2-3H2,1H3;3H,2H2,1H3;2H2,1H3;2H2,1H3;;/q;;;;-1;-2;;;;-1;;2*+1/p-1. The summed E-state index contributed by atoms with van der Waals surface area (Å²) in [5.41, 5.74) is 4.50. The molecule has 0 bridgehead atoms. The number of halogens is 7. The van der Waals surface area contributed by atoms with Crippen molar-refractivity contribution in [3.05, 3.63) is 101 Å². The van der Waals surface area contributed by atoms with Gasteiger partial charge < -0.3 is 85.1 Å². The summed E-state index contributed by atoms with van der Waals surface area (Å²) >= 11 is 43.4. The van der Waals surface area contributed by atoms with Gasteiger partial charge in [-0.1, -0.05) is 71.0 Å². The van der Waals surface area contributed by atoms with E-state index < -0.39 is 0 Å². The predicted molar refractivity (Wildman–Crippen MR) is 344 cm³/mol. The molecule has 0 saturated carbocycles. The van der Waals surface area contributed by atoms with Crippen molar-refractivity contribution in [2.45, 2.75) is 36.5 Å². The second kappa shape index (κ2) is 75.7. The Morgan fingerprint density at radius 2 is 1.02 bits per heavy atom. The van der Waals surface area contributed by atoms with Gasteiger partial charge in [0.2, 0.25) is 0 Å². The van der Waals surface area contributed by atoms with Crippen LogP contribution in [0.1, 0.15) is 26.7 Å². The Morgan fingerprint density at radius 1 is 0.688 bits per heavy atom. The number of anilines is 3. The van der Waals surface area contributed by atoms with Gasteiger partial charge >= 0.3 is 71.1 Å². The van der Waals surface area contributed by atoms with Crippen LogP contribution in [0.15, 0.2) is 58.8 Å². The number of ether oxygens (including phenoxy) is 2. The summed E-state index contributed by atoms with van der Waals surface area (Å²) in [6.07, 6.45) is 40.0. The number of aromatic nitrogens is 4. The van der Waals surface area contributed by atoms with E-state index in [0.29, 0.717) is 66.1 Å². The van der Waals surface area contributed by atoms with E-state index in [0.717, 1.165) is 17.9 Å². The van der Waals surface area contributed by atoms with Gasteiger partial charge in [-0.15, -0.1) is 43.6 Å². The smallest absolute Gasteiger partial charge is 0.855 e. The van der Waals surface area contributed by atoms with Crippen LogP contribution in [0.2, 0.25) is 25.2 Å². The first-order valence-corrected chi connectivity index (χ1v) is 26.9. The zero-order valence-electron chi connectivity index (χ0n) is 45.4. The van der Waals surface area contributed by atoms with Crippen LogP contribution in [0.5, 0.6) is 0 Å². The molecule has 0 aliphatic carbocycles. The van der Waals surface area contributed by atoms with Crippen molar-refractivity contribution >= 4 is 170 Å². The van der Waals surface area contributed by atoms with Crippen molar-refractivity contribution in [1.82, 2.24) is 19.9 Å². The Kier molecular flexibility index (Phi) is 90.7. The minimum atomic E-state index is -0.216. The SMILES string of the molecule is C#CC#CC#C.CCO.CC[O-].CN.CNc1nccc(I)c1Cl.CNc1nccc(SCCC(=O)OC)c1Cl.CNc1nccc([S-])c1Cl.COC(=O)CCS.Clc1nccc(I)c1Cl.[C-]#CC#CC#C.[C-]#CC#CC#[C-].[Na+].[Na+]. The number of hydrogen-bond donors (Lipinski definition) is 6. The van der Waals surface area contributed by atoms with E-state index in [1.54, 1.807) is 83.8 Å². The molecule has 80 heavy (non-hydrogen) atoms. The number of carbonyl (C=O) groups is 2. The van der Waals surface area contributed by atoms with Gasteiger partial charge in [-0.3, -0.25) is 27.4 Å². The van der Waals surface area contributed by atoms with Gasteiger partial charge in [0.25, 0.3) is 0 Å². The number of thioether (sulfide) groups is 1. The van der Waals surface area contributed by atoms with E-state index in [4.69, 9.17) is 113 Å². The normalized spacial score (nSPS) is 7.36. The summed E-state index contributed by atoms with van der Waals surface area (Å²) in [7, 11) is 9.56. The first-order valence-electron chi connectivity index (χ1n) is 20.8. The van der Waals surface area contributed by atoms with Gasteiger partial charge in [0.05, 0.1) is 47.2 Å². The van der Waals surface area contributed by atoms with Crippen LogP contribution >= 0.6 is 128 Å². The zero-order valence-corrected chi connectivity index (χ0v) is 60.0. The molecule has 0 amide bonds. The number of nitrogens with two attached hydrogens (primary N) is 1. The van der Waals surface area contributed by atoms with E-state index in [1.165, 1.54) is 33.0 Å². The quantitative estimate of drug-likeness (QED) is 0.0163. The summed E-state index contributed by atoms with van der Waals surface area (Å²) in [6, 6.07) is 7.18. The Hall–Kier alpha value is -3.31. The molecule has 0 aromatic carbocycles. The number of nitrogens with one attached hydrogen (secondary N) is 3. The zero-order chi connectivity index (χ0) is 61.5. The maximum absolute atomic E-state index is 10.9. The Bertz CT molecular complexity index is 2530. The second-order valence-electron chi connectivity index (χ2n) is 10.9. The van der Waals surface area contributed by atoms with Crippen LogP contribution in [-0.2, 0) is 31.7 Å². The van der Waals surface area contributed by atoms with Gasteiger partial charge in [-0.05, 0) is 107 Å². The van der Waals surface area contributed by atoms with Crippen molar-refractivity contribution in [3.8, 4) is 90.3 Å². The summed E-state index contributed by atoms with van der Waals surface area (Å²) in [5.74, 6) is 27.2. The average molecular weight is 1480 g/mol. The Balaban J connectivity index is -0.000000103. The number of nitrogens with zero attached hydrogens (tertiary/aromatic N) is 4. The average Bonchev–Trinajstić information content (AvgIpc) is 3.44. The first-order chi connectivity index (χ1) is 37.3. The molecule has 0 aliphatic rings. The summed E-state index contributed by atoms with van der Waals surface area (Å²) in [6.45, 7) is 3.50. The number of rotatable bonds is 9. The van der Waals surface area contributed by atoms with E-state index in [-0.39, 0.29) is 84.3 Å². The third kappa shape index (κ3) is 62.3. The molecular formula is C54H54Cl5I2N8Na2O6S3-3. The maximum Gasteiger partial charge on any atom is 1.00 e. The van der Waals surface area contributed by atoms with Crippen molar-refractivity contribution in [1.29, 1.82) is 0 Å². The number of carbonyl (C=O) groups excluding carboxylic acids is 2. The van der Waals surface area contributed by atoms with Crippen molar-refractivity contribution < 1.29 is 88.4 Å². The topological polar surface area (TPSA) is 210 Å². The van der Waals surface area contributed by atoms with Crippen LogP contribution in [0.25, 0.3) is 0 Å². The fourth-order valence-electron chi connectivity index (χ4n) is 3.04. The van der Waals surface area contributed by atoms with E-state index in [1.807, 2.05) is 24.0 Å². The molecule has 4 aromatic rings. The second-order valence-corrected chi connectivity index (χ2v) is 17.2. The number of thiol groups is 1. The molecule has 0 aliphatic heterocycles. The van der Waals surface area contributed by atoms with E-state index in [2.05, 4.69) is 163 Å². The third-order valence-corrected chi connectivity index (χ3v) is 12.2. The number of terminal acetylenes is 3. The summed E-state index contributed by atoms with van der Waals surface area (Å²) in [4.78, 5) is 38.4. The molecule has 6 N–H and O–H groups in total. The molecule has 0 radical (unpaired) electrons. The molecule has 4 aromatic heterocycles. The summed E-state index contributed by atoms with van der Waals surface area (Å²) in [5, 5.41) is 27.8. The van der Waals surface area contributed by atoms with Crippen molar-refractivity contribution in [2.75, 3.05) is 83.1 Å². The molecule has 0 unspecified atom stereocenters. The van der Waals surface area contributed by atoms with E-state index >= 15 is 0 Å². The number of esters is 2. The molecule has 4 rings (SSSR count). The monoisotopic (exact) mass is 1480 g/mol. The van der Waals surface area contributed by atoms with Gasteiger partial charge in [0.1, 0.15) is 22.6 Å². The molecule has 0 fully saturated rings. The maximum atomic E-state index is 10.9. The van der Waals surface area contributed by atoms with Gasteiger partial charge in [-0.2, -0.15) is 17.5 Å². The van der Waals surface area contributed by atoms with Crippen molar-refractivity contribution in [2.24, 2.45) is 5.73 Å². The minimum Gasteiger partial charge on any atom is -0.855 e. The molecule has 0 spiro atoms. The Labute approximate surface area is 586 Å². The number of aliphatic hydroxyl groups is 1. The van der Waals surface area contributed by atoms with Crippen LogP contribution < -0.4 is 85.9 Å². The van der Waals surface area contributed by atoms with Crippen molar-refractivity contribution in [3.63, 3.8) is 0 Å². The van der Waals surface area contributed by atoms with Crippen LogP contribution in [0.3, 0.4) is 0 Å². The number of aliphatic hydroxyl groups excluding tert-OH is 1. The number of methoxy groups -OCH3 is 2. The third-order valence-electron chi connectivity index (χ3n) is 5.99. The number of pyridine rings is 4. The number of hydrogen-bond acceptors (Lipinski definition) is 17. The fraction of sp³-hybridized carbons (Fsp3) is 0.259. The first kappa shape index (κ1) is 95.9. The van der Waals surface area contributed by atoms with Crippen LogP contribution in [0.4, 0.5) is 17.5 Å². The molecule has 14 nitrogen and oxygen atoms in total. The minimum absolute atomic E-state index is 0. The van der Waals surface area contributed by atoms with Crippen LogP contribution in [-0.4, -0.2) is 104 Å². The predicted octanol–water partition coefficient (Wildman–Crippen LogP) is 3.55. The largest absolute Gasteiger partial charge is 1.00 e. The molecule has 418 valence electrons. The molecule has 0 saturated heterocycles. The summed E-state index contributed by atoms with van der Waals surface area (Å²) < 4.78 is 10.8. The molecule has 26 heteroatoms. The van der Waals surface area contributed by atoms with Gasteiger partial charge in [-0.25, -0.2) is 25.9 Å². The van der Waals surface area contributed by atoms with Gasteiger partial charge in [0.15, 0.2) is 0 Å². The van der Waals surface area contributed by atoms with Crippen LogP contribution in [0, 0.1) is 117 Å². The van der Waals surface area contributed by atoms with E-state index in [9.17, 15) is 9.59 Å².